The normalized spacial score (nSPS) is 10.7. The summed E-state index contributed by atoms with van der Waals surface area (Å²) in [4.78, 5) is 23.0. The highest BCUT2D eigenvalue weighted by Crippen LogP contribution is 2.41. The van der Waals surface area contributed by atoms with E-state index >= 15 is 0 Å². The molecule has 0 saturated carbocycles. The number of aromatic carboxylic acids is 1. The molecule has 0 atom stereocenters. The molecular weight excluding hydrogens is 426 g/mol. The van der Waals surface area contributed by atoms with E-state index in [1.807, 2.05) is 24.3 Å². The largest absolute Gasteiger partial charge is 0.496 e. The molecule has 4 rings (SSSR count). The maximum atomic E-state index is 11.8. The average molecular weight is 447 g/mol. The monoisotopic (exact) mass is 447 g/mol. The van der Waals surface area contributed by atoms with Crippen LogP contribution in [0.1, 0.15) is 10.5 Å². The number of rotatable bonds is 8. The Labute approximate surface area is 188 Å². The third-order valence-corrected chi connectivity index (χ3v) is 5.07. The Hall–Kier alpha value is -4.53. The Morgan fingerprint density at radius 1 is 0.939 bits per heavy atom. The molecule has 1 amide bonds. The SMILES string of the molecule is COc1cccc(OC)c1-c1cc(C(=O)O)nn1-c1ccc(OCC(N)=O)c2ccccc12. The molecule has 0 saturated heterocycles. The lowest BCUT2D eigenvalue weighted by atomic mass is 10.1. The molecule has 1 heterocycles. The summed E-state index contributed by atoms with van der Waals surface area (Å²) in [5.41, 5.74) is 6.71. The van der Waals surface area contributed by atoms with E-state index < -0.39 is 11.9 Å². The smallest absolute Gasteiger partial charge is 0.356 e. The van der Waals surface area contributed by atoms with Crippen LogP contribution < -0.4 is 19.9 Å². The summed E-state index contributed by atoms with van der Waals surface area (Å²) < 4.78 is 18.2. The molecule has 33 heavy (non-hydrogen) atoms. The van der Waals surface area contributed by atoms with Crippen molar-refractivity contribution in [2.75, 3.05) is 20.8 Å². The number of hydrogen-bond acceptors (Lipinski definition) is 6. The van der Waals surface area contributed by atoms with Crippen molar-refractivity contribution in [2.24, 2.45) is 5.73 Å². The van der Waals surface area contributed by atoms with Crippen LogP contribution in [0.2, 0.25) is 0 Å². The lowest BCUT2D eigenvalue weighted by Gasteiger charge is -2.16. The predicted octanol–water partition coefficient (Wildman–Crippen LogP) is 3.27. The predicted molar refractivity (Wildman–Crippen MR) is 121 cm³/mol. The van der Waals surface area contributed by atoms with Crippen LogP contribution in [0, 0.1) is 0 Å². The van der Waals surface area contributed by atoms with E-state index in [9.17, 15) is 14.7 Å². The highest BCUT2D eigenvalue weighted by molar-refractivity contribution is 5.96. The molecule has 3 N–H and O–H groups in total. The summed E-state index contributed by atoms with van der Waals surface area (Å²) in [7, 11) is 3.05. The van der Waals surface area contributed by atoms with Gasteiger partial charge in [-0.2, -0.15) is 5.10 Å². The third-order valence-electron chi connectivity index (χ3n) is 5.07. The molecule has 0 bridgehead atoms. The summed E-state index contributed by atoms with van der Waals surface area (Å²) in [6, 6.07) is 17.5. The maximum absolute atomic E-state index is 11.8. The van der Waals surface area contributed by atoms with Gasteiger partial charge in [0.2, 0.25) is 0 Å². The van der Waals surface area contributed by atoms with Crippen molar-refractivity contribution in [3.63, 3.8) is 0 Å². The molecule has 0 spiro atoms. The first-order valence-electron chi connectivity index (χ1n) is 9.92. The van der Waals surface area contributed by atoms with E-state index in [0.717, 1.165) is 5.39 Å². The summed E-state index contributed by atoms with van der Waals surface area (Å²) in [5, 5.41) is 15.4. The van der Waals surface area contributed by atoms with Crippen molar-refractivity contribution in [2.45, 2.75) is 0 Å². The number of hydrogen-bond donors (Lipinski definition) is 2. The lowest BCUT2D eigenvalue weighted by Crippen LogP contribution is -2.20. The second-order valence-electron chi connectivity index (χ2n) is 7.05. The molecular formula is C24H21N3O6. The van der Waals surface area contributed by atoms with E-state index in [1.165, 1.54) is 25.0 Å². The number of carbonyl (C=O) groups is 2. The van der Waals surface area contributed by atoms with Gasteiger partial charge in [0.15, 0.2) is 12.3 Å². The van der Waals surface area contributed by atoms with Crippen LogP contribution in [0.3, 0.4) is 0 Å². The van der Waals surface area contributed by atoms with Crippen LogP contribution in [-0.4, -0.2) is 47.6 Å². The fourth-order valence-corrected chi connectivity index (χ4v) is 3.67. The van der Waals surface area contributed by atoms with Crippen LogP contribution >= 0.6 is 0 Å². The number of carboxylic acids is 1. The van der Waals surface area contributed by atoms with E-state index in [2.05, 4.69) is 5.10 Å². The van der Waals surface area contributed by atoms with Gasteiger partial charge in [-0.25, -0.2) is 9.48 Å². The van der Waals surface area contributed by atoms with Crippen molar-refractivity contribution < 1.29 is 28.9 Å². The van der Waals surface area contributed by atoms with Crippen molar-refractivity contribution in [1.29, 1.82) is 0 Å². The zero-order valence-corrected chi connectivity index (χ0v) is 17.9. The van der Waals surface area contributed by atoms with Gasteiger partial charge in [0.05, 0.1) is 31.2 Å². The quantitative estimate of drug-likeness (QED) is 0.424. The number of fused-ring (bicyclic) bond motifs is 1. The van der Waals surface area contributed by atoms with Gasteiger partial charge in [0, 0.05) is 10.8 Å². The maximum Gasteiger partial charge on any atom is 0.356 e. The number of primary amides is 1. The fourth-order valence-electron chi connectivity index (χ4n) is 3.67. The number of benzene rings is 3. The number of aromatic nitrogens is 2. The molecule has 9 heteroatoms. The first kappa shape index (κ1) is 21.7. The molecule has 0 fully saturated rings. The molecule has 0 aliphatic rings. The standard InChI is InChI=1S/C24H21N3O6/c1-31-20-8-5-9-21(32-2)23(20)18-12-16(24(29)30)26-27(18)17-10-11-19(33-13-22(25)28)15-7-4-3-6-14(15)17/h3-12H,13H2,1-2H3,(H2,25,28)(H,29,30). The van der Waals surface area contributed by atoms with Gasteiger partial charge in [0.1, 0.15) is 17.2 Å². The molecule has 0 radical (unpaired) electrons. The molecule has 9 nitrogen and oxygen atoms in total. The number of carbonyl (C=O) groups excluding carboxylic acids is 1. The zero-order chi connectivity index (χ0) is 23.5. The number of methoxy groups -OCH3 is 2. The van der Waals surface area contributed by atoms with Crippen LogP contribution in [0.4, 0.5) is 0 Å². The molecule has 4 aromatic rings. The topological polar surface area (TPSA) is 126 Å². The van der Waals surface area contributed by atoms with E-state index in [-0.39, 0.29) is 12.3 Å². The van der Waals surface area contributed by atoms with Gasteiger partial charge in [-0.3, -0.25) is 4.79 Å². The summed E-state index contributed by atoms with van der Waals surface area (Å²) in [5.74, 6) is -0.298. The summed E-state index contributed by atoms with van der Waals surface area (Å²) in [6.07, 6.45) is 0. The molecule has 0 aliphatic carbocycles. The number of carboxylic acid groups (broad SMARTS) is 1. The highest BCUT2D eigenvalue weighted by atomic mass is 16.5. The second-order valence-corrected chi connectivity index (χ2v) is 7.05. The number of nitrogens with two attached hydrogens (primary N) is 1. The van der Waals surface area contributed by atoms with E-state index in [1.54, 1.807) is 30.3 Å². The number of nitrogens with zero attached hydrogens (tertiary/aromatic N) is 2. The molecule has 0 aliphatic heterocycles. The number of amides is 1. The minimum Gasteiger partial charge on any atom is -0.496 e. The lowest BCUT2D eigenvalue weighted by molar-refractivity contribution is -0.119. The minimum atomic E-state index is -1.17. The van der Waals surface area contributed by atoms with Gasteiger partial charge in [-0.15, -0.1) is 0 Å². The Balaban J connectivity index is 2.00. The number of ether oxygens (including phenoxy) is 3. The third kappa shape index (κ3) is 4.03. The molecule has 168 valence electrons. The second kappa shape index (κ2) is 8.91. The van der Waals surface area contributed by atoms with Crippen LogP contribution in [0.5, 0.6) is 17.2 Å². The first-order chi connectivity index (χ1) is 15.9. The van der Waals surface area contributed by atoms with E-state index in [4.69, 9.17) is 19.9 Å². The van der Waals surface area contributed by atoms with Gasteiger partial charge in [-0.1, -0.05) is 30.3 Å². The molecule has 3 aromatic carbocycles. The Morgan fingerprint density at radius 3 is 2.21 bits per heavy atom. The summed E-state index contributed by atoms with van der Waals surface area (Å²) in [6.45, 7) is -0.266. The van der Waals surface area contributed by atoms with Crippen molar-refractivity contribution in [3.8, 4) is 34.2 Å². The Morgan fingerprint density at radius 2 is 1.61 bits per heavy atom. The van der Waals surface area contributed by atoms with Gasteiger partial charge in [-0.05, 0) is 30.3 Å². The van der Waals surface area contributed by atoms with Gasteiger partial charge >= 0.3 is 5.97 Å². The summed E-state index contributed by atoms with van der Waals surface area (Å²) >= 11 is 0. The van der Waals surface area contributed by atoms with Gasteiger partial charge < -0.3 is 25.1 Å². The van der Waals surface area contributed by atoms with Crippen LogP contribution in [0.15, 0.2) is 60.7 Å². The first-order valence-corrected chi connectivity index (χ1v) is 9.92. The minimum absolute atomic E-state index is 0.143. The molecule has 1 aromatic heterocycles. The van der Waals surface area contributed by atoms with Crippen LogP contribution in [0.25, 0.3) is 27.7 Å². The van der Waals surface area contributed by atoms with Crippen molar-refractivity contribution in [3.05, 3.63) is 66.4 Å². The highest BCUT2D eigenvalue weighted by Gasteiger charge is 2.23. The Bertz CT molecular complexity index is 1340. The Kier molecular flexibility index (Phi) is 5.86. The van der Waals surface area contributed by atoms with Gasteiger partial charge in [0.25, 0.3) is 5.91 Å². The fraction of sp³-hybridized carbons (Fsp3) is 0.125. The zero-order valence-electron chi connectivity index (χ0n) is 17.9. The van der Waals surface area contributed by atoms with E-state index in [0.29, 0.717) is 39.6 Å². The average Bonchev–Trinajstić information content (AvgIpc) is 3.26. The van der Waals surface area contributed by atoms with Crippen LogP contribution in [-0.2, 0) is 4.79 Å². The molecule has 0 unspecified atom stereocenters. The van der Waals surface area contributed by atoms with Crippen molar-refractivity contribution >= 4 is 22.6 Å². The van der Waals surface area contributed by atoms with Crippen molar-refractivity contribution in [1.82, 2.24) is 9.78 Å².